The molecule has 0 radical (unpaired) electrons. The third kappa shape index (κ3) is 3.18. The van der Waals surface area contributed by atoms with E-state index in [1.54, 1.807) is 12.1 Å². The maximum absolute atomic E-state index is 13.0. The molecule has 0 bridgehead atoms. The number of hydrogen-bond acceptors (Lipinski definition) is 4. The molecule has 2 aromatic carbocycles. The first kappa shape index (κ1) is 19.3. The summed E-state index contributed by atoms with van der Waals surface area (Å²) in [5.41, 5.74) is 1.17. The van der Waals surface area contributed by atoms with Gasteiger partial charge in [0.1, 0.15) is 0 Å². The summed E-state index contributed by atoms with van der Waals surface area (Å²) in [7, 11) is -1.86. The molecule has 2 aliphatic heterocycles. The number of sulfone groups is 1. The highest BCUT2D eigenvalue weighted by Gasteiger charge is 2.38. The summed E-state index contributed by atoms with van der Waals surface area (Å²) in [6.07, 6.45) is -2.59. The smallest absolute Gasteiger partial charge is 0.371 e. The zero-order chi connectivity index (χ0) is 20.1. The number of anilines is 1. The van der Waals surface area contributed by atoms with E-state index >= 15 is 0 Å². The molecule has 4 rings (SSSR count). The fourth-order valence-electron chi connectivity index (χ4n) is 4.31. The monoisotopic (exact) mass is 410 g/mol. The minimum absolute atomic E-state index is 0.122. The van der Waals surface area contributed by atoms with Gasteiger partial charge in [-0.1, -0.05) is 0 Å². The highest BCUT2D eigenvalue weighted by Crippen LogP contribution is 2.45. The van der Waals surface area contributed by atoms with Gasteiger partial charge in [-0.25, -0.2) is 8.42 Å². The van der Waals surface area contributed by atoms with Crippen molar-refractivity contribution in [2.24, 2.45) is 0 Å². The van der Waals surface area contributed by atoms with E-state index in [-0.39, 0.29) is 15.7 Å². The predicted molar refractivity (Wildman–Crippen MR) is 100 cm³/mol. The first-order valence-electron chi connectivity index (χ1n) is 9.19. The summed E-state index contributed by atoms with van der Waals surface area (Å²) in [6, 6.07) is 9.05. The van der Waals surface area contributed by atoms with Gasteiger partial charge in [-0.15, -0.1) is 0 Å². The van der Waals surface area contributed by atoms with Crippen LogP contribution in [0.2, 0.25) is 0 Å². The van der Waals surface area contributed by atoms with E-state index in [1.807, 2.05) is 13.1 Å². The Balaban J connectivity index is 1.71. The molecule has 0 aliphatic carbocycles. The van der Waals surface area contributed by atoms with Crippen LogP contribution in [-0.4, -0.2) is 34.6 Å². The molecule has 1 N–H and O–H groups in total. The highest BCUT2D eigenvalue weighted by atomic mass is 32.2. The van der Waals surface area contributed by atoms with Crippen molar-refractivity contribution in [3.8, 4) is 0 Å². The molecule has 2 atom stereocenters. The predicted octanol–water partition coefficient (Wildman–Crippen LogP) is 3.82. The van der Waals surface area contributed by atoms with Gasteiger partial charge < -0.3 is 10.2 Å². The van der Waals surface area contributed by atoms with Gasteiger partial charge in [-0.05, 0) is 74.0 Å². The second-order valence-electron chi connectivity index (χ2n) is 7.36. The molecule has 1 saturated heterocycles. The molecular weight excluding hydrogens is 389 g/mol. The van der Waals surface area contributed by atoms with Crippen LogP contribution in [0.5, 0.6) is 0 Å². The van der Waals surface area contributed by atoms with Crippen molar-refractivity contribution in [2.45, 2.75) is 40.8 Å². The van der Waals surface area contributed by atoms with Crippen LogP contribution in [0.3, 0.4) is 0 Å². The SMILES string of the molecule is CN1c2ccc(S(=O)(=O)c3ccc(C(F)(F)F)cc3)cc2[C@H]2CCNCCC21. The molecule has 0 amide bonds. The Morgan fingerprint density at radius 3 is 2.32 bits per heavy atom. The number of likely N-dealkylation sites (N-methyl/N-ethyl adjacent to an activating group) is 1. The topological polar surface area (TPSA) is 49.4 Å². The van der Waals surface area contributed by atoms with Crippen molar-refractivity contribution < 1.29 is 21.6 Å². The van der Waals surface area contributed by atoms with E-state index in [0.29, 0.717) is 6.04 Å². The van der Waals surface area contributed by atoms with Gasteiger partial charge in [0.25, 0.3) is 0 Å². The fourth-order valence-corrected chi connectivity index (χ4v) is 5.60. The first-order valence-corrected chi connectivity index (χ1v) is 10.7. The maximum Gasteiger partial charge on any atom is 0.416 e. The van der Waals surface area contributed by atoms with Crippen LogP contribution in [0.25, 0.3) is 0 Å². The van der Waals surface area contributed by atoms with E-state index in [9.17, 15) is 21.6 Å². The van der Waals surface area contributed by atoms with E-state index in [0.717, 1.165) is 61.4 Å². The molecule has 0 aromatic heterocycles. The van der Waals surface area contributed by atoms with Gasteiger partial charge in [0, 0.05) is 24.7 Å². The molecule has 1 unspecified atom stereocenters. The van der Waals surface area contributed by atoms with Crippen LogP contribution >= 0.6 is 0 Å². The lowest BCUT2D eigenvalue weighted by molar-refractivity contribution is -0.137. The molecule has 8 heteroatoms. The number of nitrogens with one attached hydrogen (secondary N) is 1. The molecule has 2 aromatic rings. The number of alkyl halides is 3. The zero-order valence-corrected chi connectivity index (χ0v) is 16.1. The van der Waals surface area contributed by atoms with Gasteiger partial charge >= 0.3 is 6.18 Å². The van der Waals surface area contributed by atoms with Crippen LogP contribution in [0.1, 0.15) is 29.9 Å². The summed E-state index contributed by atoms with van der Waals surface area (Å²) >= 11 is 0. The Hall–Kier alpha value is -2.06. The maximum atomic E-state index is 13.0. The number of benzene rings is 2. The Bertz CT molecular complexity index is 988. The van der Waals surface area contributed by atoms with Crippen LogP contribution in [0.4, 0.5) is 18.9 Å². The lowest BCUT2D eigenvalue weighted by Crippen LogP contribution is -2.30. The summed E-state index contributed by atoms with van der Waals surface area (Å²) < 4.78 is 64.3. The molecule has 0 saturated carbocycles. The van der Waals surface area contributed by atoms with Gasteiger partial charge in [0.05, 0.1) is 15.4 Å². The van der Waals surface area contributed by atoms with Crippen LogP contribution < -0.4 is 10.2 Å². The quantitative estimate of drug-likeness (QED) is 0.818. The van der Waals surface area contributed by atoms with E-state index < -0.39 is 21.6 Å². The van der Waals surface area contributed by atoms with Crippen molar-refractivity contribution >= 4 is 15.5 Å². The Labute approximate surface area is 162 Å². The van der Waals surface area contributed by atoms with E-state index in [1.165, 1.54) is 0 Å². The molecule has 0 spiro atoms. The van der Waals surface area contributed by atoms with Crippen molar-refractivity contribution in [1.29, 1.82) is 0 Å². The Morgan fingerprint density at radius 2 is 1.64 bits per heavy atom. The Kier molecular flexibility index (Phi) is 4.66. The zero-order valence-electron chi connectivity index (χ0n) is 15.3. The number of halogens is 3. The Morgan fingerprint density at radius 1 is 1.00 bits per heavy atom. The standard InChI is InChI=1S/C20H21F3N2O2S/c1-25-18-7-6-15(12-17(18)16-8-10-24-11-9-19(16)25)28(26,27)14-4-2-13(3-5-14)20(21,22)23/h2-7,12,16,19,24H,8-11H2,1H3/t16-,19?/m1/s1. The normalized spacial score (nSPS) is 22.5. The lowest BCUT2D eigenvalue weighted by Gasteiger charge is -2.24. The lowest BCUT2D eigenvalue weighted by atomic mass is 9.91. The average Bonchev–Trinajstić information content (AvgIpc) is 2.82. The van der Waals surface area contributed by atoms with Crippen LogP contribution in [-0.2, 0) is 16.0 Å². The number of nitrogens with zero attached hydrogens (tertiary/aromatic N) is 1. The second kappa shape index (κ2) is 6.77. The summed E-state index contributed by atoms with van der Waals surface area (Å²) in [5.74, 6) is 0.248. The molecular formula is C20H21F3N2O2S. The van der Waals surface area contributed by atoms with Crippen LogP contribution in [0.15, 0.2) is 52.3 Å². The fraction of sp³-hybridized carbons (Fsp3) is 0.400. The summed E-state index contributed by atoms with van der Waals surface area (Å²) in [6.45, 7) is 1.81. The van der Waals surface area contributed by atoms with E-state index in [4.69, 9.17) is 0 Å². The average molecular weight is 410 g/mol. The third-order valence-corrected chi connectivity index (χ3v) is 7.56. The van der Waals surface area contributed by atoms with Crippen LogP contribution in [0, 0.1) is 0 Å². The third-order valence-electron chi connectivity index (χ3n) is 5.79. The number of rotatable bonds is 2. The summed E-state index contributed by atoms with van der Waals surface area (Å²) in [5, 5.41) is 3.38. The van der Waals surface area contributed by atoms with Crippen molar-refractivity contribution in [2.75, 3.05) is 25.0 Å². The van der Waals surface area contributed by atoms with Gasteiger partial charge in [0.15, 0.2) is 0 Å². The van der Waals surface area contributed by atoms with Gasteiger partial charge in [0.2, 0.25) is 9.84 Å². The minimum atomic E-state index is -4.50. The molecule has 28 heavy (non-hydrogen) atoms. The number of hydrogen-bond donors (Lipinski definition) is 1. The second-order valence-corrected chi connectivity index (χ2v) is 9.31. The van der Waals surface area contributed by atoms with Gasteiger partial charge in [-0.2, -0.15) is 13.2 Å². The molecule has 1 fully saturated rings. The molecule has 4 nitrogen and oxygen atoms in total. The molecule has 2 aliphatic rings. The minimum Gasteiger partial charge on any atom is -0.371 e. The van der Waals surface area contributed by atoms with Crippen molar-refractivity contribution in [3.63, 3.8) is 0 Å². The first-order chi connectivity index (χ1) is 13.2. The summed E-state index contributed by atoms with van der Waals surface area (Å²) in [4.78, 5) is 2.20. The van der Waals surface area contributed by atoms with Crippen molar-refractivity contribution in [1.82, 2.24) is 5.32 Å². The van der Waals surface area contributed by atoms with E-state index in [2.05, 4.69) is 10.2 Å². The highest BCUT2D eigenvalue weighted by molar-refractivity contribution is 7.91. The van der Waals surface area contributed by atoms with Gasteiger partial charge in [-0.3, -0.25) is 0 Å². The molecule has 150 valence electrons. The number of fused-ring (bicyclic) bond motifs is 3. The van der Waals surface area contributed by atoms with Crippen molar-refractivity contribution in [3.05, 3.63) is 53.6 Å². The molecule has 2 heterocycles. The largest absolute Gasteiger partial charge is 0.416 e.